The van der Waals surface area contributed by atoms with Crippen LogP contribution < -0.4 is 10.6 Å². The van der Waals surface area contributed by atoms with Gasteiger partial charge in [0.05, 0.1) is 5.52 Å². The molecule has 0 radical (unpaired) electrons. The lowest BCUT2D eigenvalue weighted by atomic mass is 9.99. The molecule has 2 aromatic rings. The Bertz CT molecular complexity index is 565. The van der Waals surface area contributed by atoms with E-state index in [1.165, 1.54) is 23.9 Å². The minimum Gasteiger partial charge on any atom is -0.399 e. The summed E-state index contributed by atoms with van der Waals surface area (Å²) in [6.45, 7) is 4.62. The number of pyridine rings is 1. The first kappa shape index (κ1) is 11.3. The zero-order valence-corrected chi connectivity index (χ0v) is 10.8. The highest BCUT2D eigenvalue weighted by molar-refractivity contribution is 5.93. The second kappa shape index (κ2) is 4.48. The summed E-state index contributed by atoms with van der Waals surface area (Å²) in [6, 6.07) is 8.12. The lowest BCUT2D eigenvalue weighted by Crippen LogP contribution is -2.34. The van der Waals surface area contributed by atoms with E-state index in [-0.39, 0.29) is 0 Å². The van der Waals surface area contributed by atoms with Gasteiger partial charge in [0.1, 0.15) is 0 Å². The Morgan fingerprint density at radius 2 is 2.22 bits per heavy atom. The number of aromatic nitrogens is 1. The van der Waals surface area contributed by atoms with Gasteiger partial charge in [-0.1, -0.05) is 6.92 Å². The molecule has 1 aromatic heterocycles. The average Bonchev–Trinajstić information content (AvgIpc) is 2.37. The van der Waals surface area contributed by atoms with Crippen molar-refractivity contribution in [2.24, 2.45) is 5.92 Å². The van der Waals surface area contributed by atoms with Crippen LogP contribution in [-0.2, 0) is 0 Å². The molecule has 1 atom stereocenters. The molecule has 3 rings (SSSR count). The fourth-order valence-corrected chi connectivity index (χ4v) is 2.83. The maximum atomic E-state index is 5.82. The molecular weight excluding hydrogens is 222 g/mol. The SMILES string of the molecule is CC1CCCN(c2ccnc3cc(N)ccc23)C1. The van der Waals surface area contributed by atoms with E-state index in [0.717, 1.165) is 30.2 Å². The molecule has 0 amide bonds. The van der Waals surface area contributed by atoms with Crippen LogP contribution in [0.4, 0.5) is 11.4 Å². The topological polar surface area (TPSA) is 42.2 Å². The molecule has 0 spiro atoms. The van der Waals surface area contributed by atoms with Gasteiger partial charge in [0.2, 0.25) is 0 Å². The van der Waals surface area contributed by atoms with Crippen LogP contribution in [0.3, 0.4) is 0 Å². The lowest BCUT2D eigenvalue weighted by molar-refractivity contribution is 0.447. The summed E-state index contributed by atoms with van der Waals surface area (Å²) in [6.07, 6.45) is 4.50. The van der Waals surface area contributed by atoms with Gasteiger partial charge in [-0.15, -0.1) is 0 Å². The third kappa shape index (κ3) is 2.01. The molecule has 1 unspecified atom stereocenters. The molecule has 94 valence electrons. The van der Waals surface area contributed by atoms with Crippen LogP contribution in [-0.4, -0.2) is 18.1 Å². The number of anilines is 2. The molecule has 1 aromatic carbocycles. The first-order chi connectivity index (χ1) is 8.74. The van der Waals surface area contributed by atoms with Gasteiger partial charge < -0.3 is 10.6 Å². The van der Waals surface area contributed by atoms with E-state index in [2.05, 4.69) is 28.9 Å². The largest absolute Gasteiger partial charge is 0.399 e. The van der Waals surface area contributed by atoms with Gasteiger partial charge >= 0.3 is 0 Å². The van der Waals surface area contributed by atoms with Gasteiger partial charge in [-0.05, 0) is 43.0 Å². The van der Waals surface area contributed by atoms with Crippen molar-refractivity contribution in [2.45, 2.75) is 19.8 Å². The van der Waals surface area contributed by atoms with Gasteiger partial charge in [-0.25, -0.2) is 0 Å². The summed E-state index contributed by atoms with van der Waals surface area (Å²) in [5.41, 5.74) is 8.89. The number of piperidine rings is 1. The number of benzene rings is 1. The van der Waals surface area contributed by atoms with Gasteiger partial charge in [0, 0.05) is 36.0 Å². The van der Waals surface area contributed by atoms with E-state index in [4.69, 9.17) is 5.73 Å². The van der Waals surface area contributed by atoms with E-state index in [0.29, 0.717) is 0 Å². The van der Waals surface area contributed by atoms with Gasteiger partial charge in [-0.3, -0.25) is 4.98 Å². The summed E-state index contributed by atoms with van der Waals surface area (Å²) in [4.78, 5) is 6.89. The number of fused-ring (bicyclic) bond motifs is 1. The van der Waals surface area contributed by atoms with Crippen LogP contribution in [0.15, 0.2) is 30.5 Å². The van der Waals surface area contributed by atoms with Crippen molar-refractivity contribution < 1.29 is 0 Å². The number of rotatable bonds is 1. The highest BCUT2D eigenvalue weighted by Crippen LogP contribution is 2.29. The third-order valence-electron chi connectivity index (χ3n) is 3.74. The van der Waals surface area contributed by atoms with Crippen molar-refractivity contribution >= 4 is 22.3 Å². The predicted molar refractivity (Wildman–Crippen MR) is 76.8 cm³/mol. The molecular formula is C15H19N3. The molecule has 0 bridgehead atoms. The van der Waals surface area contributed by atoms with Crippen LogP contribution >= 0.6 is 0 Å². The standard InChI is InChI=1S/C15H19N3/c1-11-3-2-8-18(10-11)15-6-7-17-14-9-12(16)4-5-13(14)15/h4-7,9,11H,2-3,8,10,16H2,1H3. The van der Waals surface area contributed by atoms with E-state index in [1.54, 1.807) is 0 Å². The monoisotopic (exact) mass is 241 g/mol. The van der Waals surface area contributed by atoms with Crippen LogP contribution in [0.5, 0.6) is 0 Å². The molecule has 2 N–H and O–H groups in total. The first-order valence-electron chi connectivity index (χ1n) is 6.63. The molecule has 1 saturated heterocycles. The van der Waals surface area contributed by atoms with Gasteiger partial charge in [0.25, 0.3) is 0 Å². The van der Waals surface area contributed by atoms with E-state index < -0.39 is 0 Å². The van der Waals surface area contributed by atoms with Crippen molar-refractivity contribution in [1.29, 1.82) is 0 Å². The van der Waals surface area contributed by atoms with Crippen LogP contribution in [0, 0.1) is 5.92 Å². The third-order valence-corrected chi connectivity index (χ3v) is 3.74. The number of hydrogen-bond acceptors (Lipinski definition) is 3. The highest BCUT2D eigenvalue weighted by atomic mass is 15.1. The minimum absolute atomic E-state index is 0.774. The summed E-state index contributed by atoms with van der Waals surface area (Å²) in [5, 5.41) is 1.21. The molecule has 1 fully saturated rings. The Labute approximate surface area is 108 Å². The zero-order chi connectivity index (χ0) is 12.5. The molecule has 0 aliphatic carbocycles. The Balaban J connectivity index is 2.05. The fraction of sp³-hybridized carbons (Fsp3) is 0.400. The highest BCUT2D eigenvalue weighted by Gasteiger charge is 2.18. The fourth-order valence-electron chi connectivity index (χ4n) is 2.83. The normalized spacial score (nSPS) is 20.3. The summed E-state index contributed by atoms with van der Waals surface area (Å²) < 4.78 is 0. The average molecular weight is 241 g/mol. The quantitative estimate of drug-likeness (QED) is 0.780. The molecule has 2 heterocycles. The maximum Gasteiger partial charge on any atom is 0.0743 e. The zero-order valence-electron chi connectivity index (χ0n) is 10.8. The minimum atomic E-state index is 0.774. The molecule has 18 heavy (non-hydrogen) atoms. The van der Waals surface area contributed by atoms with E-state index in [9.17, 15) is 0 Å². The van der Waals surface area contributed by atoms with Gasteiger partial charge in [-0.2, -0.15) is 0 Å². The van der Waals surface area contributed by atoms with Crippen LogP contribution in [0.25, 0.3) is 10.9 Å². The Morgan fingerprint density at radius 3 is 3.06 bits per heavy atom. The second-order valence-corrected chi connectivity index (χ2v) is 5.30. The van der Waals surface area contributed by atoms with Crippen molar-refractivity contribution in [2.75, 3.05) is 23.7 Å². The number of nitrogens with zero attached hydrogens (tertiary/aromatic N) is 2. The molecule has 1 aliphatic heterocycles. The van der Waals surface area contributed by atoms with Crippen molar-refractivity contribution in [3.8, 4) is 0 Å². The van der Waals surface area contributed by atoms with Crippen molar-refractivity contribution in [1.82, 2.24) is 4.98 Å². The summed E-state index contributed by atoms with van der Waals surface area (Å²) in [7, 11) is 0. The second-order valence-electron chi connectivity index (χ2n) is 5.30. The smallest absolute Gasteiger partial charge is 0.0743 e. The summed E-state index contributed by atoms with van der Waals surface area (Å²) >= 11 is 0. The van der Waals surface area contributed by atoms with E-state index >= 15 is 0 Å². The van der Waals surface area contributed by atoms with E-state index in [1.807, 2.05) is 18.3 Å². The number of hydrogen-bond donors (Lipinski definition) is 1. The molecule has 3 nitrogen and oxygen atoms in total. The summed E-state index contributed by atoms with van der Waals surface area (Å²) in [5.74, 6) is 0.774. The Hall–Kier alpha value is -1.77. The molecule has 1 aliphatic rings. The van der Waals surface area contributed by atoms with Crippen molar-refractivity contribution in [3.63, 3.8) is 0 Å². The lowest BCUT2D eigenvalue weighted by Gasteiger charge is -2.33. The van der Waals surface area contributed by atoms with Crippen molar-refractivity contribution in [3.05, 3.63) is 30.5 Å². The molecule has 3 heteroatoms. The van der Waals surface area contributed by atoms with Crippen LogP contribution in [0.2, 0.25) is 0 Å². The van der Waals surface area contributed by atoms with Crippen LogP contribution in [0.1, 0.15) is 19.8 Å². The molecule has 0 saturated carbocycles. The van der Waals surface area contributed by atoms with Gasteiger partial charge in [0.15, 0.2) is 0 Å². The number of nitrogens with two attached hydrogens (primary N) is 1. The first-order valence-corrected chi connectivity index (χ1v) is 6.63. The Kier molecular flexibility index (Phi) is 2.82. The number of nitrogen functional groups attached to an aromatic ring is 1. The Morgan fingerprint density at radius 1 is 1.33 bits per heavy atom. The maximum absolute atomic E-state index is 5.82. The predicted octanol–water partition coefficient (Wildman–Crippen LogP) is 3.05.